The Balaban J connectivity index is 0.00000189. The van der Waals surface area contributed by atoms with Crippen molar-refractivity contribution >= 4 is 34.0 Å². The summed E-state index contributed by atoms with van der Waals surface area (Å²) in [7, 11) is 0. The molecule has 6 aromatic rings. The first-order valence-corrected chi connectivity index (χ1v) is 20.0. The molecule has 266 valence electrons. The predicted octanol–water partition coefficient (Wildman–Crippen LogP) is 14.7. The number of nitrogens with zero attached hydrogens (tertiary/aromatic N) is 2. The van der Waals surface area contributed by atoms with Crippen LogP contribution in [-0.4, -0.2) is 0 Å². The molecule has 0 spiro atoms. The number of fused-ring (bicyclic) bond motifs is 5. The van der Waals surface area contributed by atoms with Gasteiger partial charge >= 0.3 is 0 Å². The van der Waals surface area contributed by atoms with Crippen molar-refractivity contribution in [1.29, 1.82) is 0 Å². The van der Waals surface area contributed by atoms with Gasteiger partial charge in [0.05, 0.1) is 11.4 Å². The van der Waals surface area contributed by atoms with Crippen LogP contribution in [0.1, 0.15) is 74.6 Å². The lowest BCUT2D eigenvalue weighted by atomic mass is 9.92. The number of rotatable bonds is 7. The molecule has 10 rings (SSSR count). The van der Waals surface area contributed by atoms with Crippen molar-refractivity contribution < 1.29 is 0 Å². The molecule has 0 amide bonds. The number of hydrogen-bond acceptors (Lipinski definition) is 2. The van der Waals surface area contributed by atoms with Gasteiger partial charge in [-0.1, -0.05) is 117 Å². The van der Waals surface area contributed by atoms with Crippen LogP contribution in [-0.2, 0) is 12.8 Å². The van der Waals surface area contributed by atoms with Crippen molar-refractivity contribution in [2.75, 3.05) is 9.80 Å². The van der Waals surface area contributed by atoms with Gasteiger partial charge in [-0.05, 0) is 162 Å². The molecular formula is C52H48N2. The summed E-state index contributed by atoms with van der Waals surface area (Å²) in [6.07, 6.45) is 16.0. The average molecular weight is 701 g/mol. The molecule has 0 aliphatic heterocycles. The van der Waals surface area contributed by atoms with Gasteiger partial charge < -0.3 is 9.80 Å². The van der Waals surface area contributed by atoms with Crippen LogP contribution in [0.5, 0.6) is 0 Å². The van der Waals surface area contributed by atoms with Gasteiger partial charge in [0.2, 0.25) is 0 Å². The monoisotopic (exact) mass is 700 g/mol. The zero-order valence-corrected chi connectivity index (χ0v) is 31.6. The van der Waals surface area contributed by atoms with Gasteiger partial charge in [0.15, 0.2) is 0 Å². The Kier molecular flexibility index (Phi) is 9.35. The van der Waals surface area contributed by atoms with E-state index in [0.717, 1.165) is 31.4 Å². The number of benzene rings is 6. The highest BCUT2D eigenvalue weighted by molar-refractivity contribution is 5.93. The van der Waals surface area contributed by atoms with Gasteiger partial charge in [-0.3, -0.25) is 0 Å². The van der Waals surface area contributed by atoms with Gasteiger partial charge in [0, 0.05) is 22.8 Å². The zero-order chi connectivity index (χ0) is 36.4. The van der Waals surface area contributed by atoms with Gasteiger partial charge in [0.1, 0.15) is 0 Å². The van der Waals surface area contributed by atoms with Gasteiger partial charge in [-0.2, -0.15) is 0 Å². The van der Waals surface area contributed by atoms with Crippen LogP contribution in [0.4, 0.5) is 28.4 Å². The van der Waals surface area contributed by atoms with E-state index in [1.54, 1.807) is 11.1 Å². The molecular weight excluding hydrogens is 653 g/mol. The Morgan fingerprint density at radius 2 is 1.17 bits per heavy atom. The Morgan fingerprint density at radius 1 is 0.463 bits per heavy atom. The summed E-state index contributed by atoms with van der Waals surface area (Å²) in [5, 5.41) is 0. The van der Waals surface area contributed by atoms with Crippen molar-refractivity contribution in [1.82, 2.24) is 0 Å². The van der Waals surface area contributed by atoms with E-state index in [4.69, 9.17) is 0 Å². The maximum absolute atomic E-state index is 2.51. The molecule has 2 heteroatoms. The fraction of sp³-hybridized carbons (Fsp3) is 0.192. The van der Waals surface area contributed by atoms with E-state index in [0.29, 0.717) is 0 Å². The molecule has 0 fully saturated rings. The third kappa shape index (κ3) is 6.20. The van der Waals surface area contributed by atoms with E-state index in [-0.39, 0.29) is 0 Å². The molecule has 0 aromatic heterocycles. The topological polar surface area (TPSA) is 6.48 Å². The fourth-order valence-electron chi connectivity index (χ4n) is 9.07. The van der Waals surface area contributed by atoms with Crippen molar-refractivity contribution in [3.05, 3.63) is 191 Å². The Labute approximate surface area is 321 Å². The highest BCUT2D eigenvalue weighted by Crippen LogP contribution is 2.49. The second-order valence-electron chi connectivity index (χ2n) is 14.7. The molecule has 0 bridgehead atoms. The second kappa shape index (κ2) is 14.9. The van der Waals surface area contributed by atoms with E-state index < -0.39 is 0 Å². The number of anilines is 5. The summed E-state index contributed by atoms with van der Waals surface area (Å²) in [4.78, 5) is 5.00. The lowest BCUT2D eigenvalue weighted by Crippen LogP contribution is -2.21. The molecule has 4 aliphatic carbocycles. The molecule has 6 aromatic carbocycles. The van der Waals surface area contributed by atoms with Gasteiger partial charge in [-0.25, -0.2) is 0 Å². The van der Waals surface area contributed by atoms with Crippen LogP contribution in [0.15, 0.2) is 169 Å². The summed E-state index contributed by atoms with van der Waals surface area (Å²) in [5.74, 6) is 0. The highest BCUT2D eigenvalue weighted by atomic mass is 15.2. The molecule has 0 saturated heterocycles. The fourth-order valence-corrected chi connectivity index (χ4v) is 9.07. The van der Waals surface area contributed by atoms with Crippen LogP contribution < -0.4 is 9.80 Å². The van der Waals surface area contributed by atoms with Crippen LogP contribution >= 0.6 is 0 Å². The van der Waals surface area contributed by atoms with Crippen molar-refractivity contribution in [3.63, 3.8) is 0 Å². The minimum Gasteiger partial charge on any atom is -0.312 e. The molecule has 4 aliphatic rings. The summed E-state index contributed by atoms with van der Waals surface area (Å²) in [5.41, 5.74) is 21.4. The SMILES string of the molecule is C1=CCCC(N(c2ccccc2)c2ccc(-c3ccc4c(c3)-c3ccccc3C4)cc2N(c2ccccc2)c2ccc3c(c2)CC2=C3CCCC2)=C1.CC. The smallest absolute Gasteiger partial charge is 0.0708 e. The summed E-state index contributed by atoms with van der Waals surface area (Å²) in [6, 6.07) is 52.3. The summed E-state index contributed by atoms with van der Waals surface area (Å²) < 4.78 is 0. The molecule has 0 heterocycles. The van der Waals surface area contributed by atoms with Crippen molar-refractivity contribution in [3.8, 4) is 22.3 Å². The summed E-state index contributed by atoms with van der Waals surface area (Å²) >= 11 is 0. The molecule has 0 unspecified atom stereocenters. The second-order valence-corrected chi connectivity index (χ2v) is 14.7. The standard InChI is InChI=1S/C50H42N2.C2H6/c1-4-16-41(17-5-1)51(42-18-6-2-7-19-42)49-29-26-36(35-24-25-39-30-37-14-11-13-23-46(37)48(39)33-35)34-50(49)52(43-20-8-3-9-21-43)44-27-28-47-40(32-44)31-38-15-10-12-22-45(38)47;1-2/h1-6,8-9,11,13-14,16-18,20-21,23-29,32-34H,7,10,12,15,19,22,30-31H2;1-2H3. The van der Waals surface area contributed by atoms with Crippen LogP contribution in [0, 0.1) is 0 Å². The molecule has 0 radical (unpaired) electrons. The Bertz CT molecular complexity index is 2410. The average Bonchev–Trinajstić information content (AvgIpc) is 3.81. The third-order valence-corrected chi connectivity index (χ3v) is 11.6. The third-order valence-electron chi connectivity index (χ3n) is 11.6. The maximum Gasteiger partial charge on any atom is 0.0708 e. The van der Waals surface area contributed by atoms with Crippen LogP contribution in [0.3, 0.4) is 0 Å². The van der Waals surface area contributed by atoms with E-state index in [1.165, 1.54) is 98.6 Å². The normalized spacial score (nSPS) is 15.0. The first-order valence-electron chi connectivity index (χ1n) is 20.0. The van der Waals surface area contributed by atoms with Crippen molar-refractivity contribution in [2.45, 2.75) is 65.2 Å². The maximum atomic E-state index is 2.51. The minimum atomic E-state index is 0.984. The quantitative estimate of drug-likeness (QED) is 0.163. The van der Waals surface area contributed by atoms with E-state index in [2.05, 4.69) is 168 Å². The highest BCUT2D eigenvalue weighted by Gasteiger charge is 2.28. The largest absolute Gasteiger partial charge is 0.312 e. The predicted molar refractivity (Wildman–Crippen MR) is 230 cm³/mol. The van der Waals surface area contributed by atoms with E-state index in [9.17, 15) is 0 Å². The Hall–Kier alpha value is -5.86. The zero-order valence-electron chi connectivity index (χ0n) is 31.6. The first-order chi connectivity index (χ1) is 26.8. The minimum absolute atomic E-state index is 0.984. The lowest BCUT2D eigenvalue weighted by Gasteiger charge is -2.35. The Morgan fingerprint density at radius 3 is 1.96 bits per heavy atom. The van der Waals surface area contributed by atoms with Crippen LogP contribution in [0.25, 0.3) is 27.8 Å². The van der Waals surface area contributed by atoms with Gasteiger partial charge in [0.25, 0.3) is 0 Å². The molecule has 54 heavy (non-hydrogen) atoms. The lowest BCUT2D eigenvalue weighted by molar-refractivity contribution is 0.711. The van der Waals surface area contributed by atoms with Crippen LogP contribution in [0.2, 0.25) is 0 Å². The molecule has 0 atom stereocenters. The summed E-state index contributed by atoms with van der Waals surface area (Å²) in [6.45, 7) is 4.00. The number of para-hydroxylation sites is 2. The molecule has 2 nitrogen and oxygen atoms in total. The van der Waals surface area contributed by atoms with E-state index >= 15 is 0 Å². The number of hydrogen-bond donors (Lipinski definition) is 0. The first kappa shape index (κ1) is 33.9. The number of allylic oxidation sites excluding steroid dienone is 6. The molecule has 0 N–H and O–H groups in total. The van der Waals surface area contributed by atoms with Gasteiger partial charge in [-0.15, -0.1) is 0 Å². The van der Waals surface area contributed by atoms with Crippen molar-refractivity contribution in [2.24, 2.45) is 0 Å². The molecule has 0 saturated carbocycles. The van der Waals surface area contributed by atoms with E-state index in [1.807, 2.05) is 13.8 Å².